The Balaban J connectivity index is 1.52. The maximum Gasteiger partial charge on any atom is 0.118 e. The van der Waals surface area contributed by atoms with Crippen molar-refractivity contribution in [1.29, 1.82) is 0 Å². The topological polar surface area (TPSA) is 36.9 Å². The predicted molar refractivity (Wildman–Crippen MR) is 229 cm³/mol. The summed E-state index contributed by atoms with van der Waals surface area (Å²) in [6.45, 7) is 0. The van der Waals surface area contributed by atoms with Gasteiger partial charge in [0.05, 0.1) is 28.4 Å². The quantitative estimate of drug-likeness (QED) is 0.124. The number of benzene rings is 6. The largest absolute Gasteiger partial charge is 0.497 e. The molecule has 6 aromatic rings. The molecule has 0 saturated carbocycles. The molecule has 274 valence electrons. The smallest absolute Gasteiger partial charge is 0.118 e. The van der Waals surface area contributed by atoms with Gasteiger partial charge in [0.15, 0.2) is 0 Å². The summed E-state index contributed by atoms with van der Waals surface area (Å²) in [6, 6.07) is 45.1. The lowest BCUT2D eigenvalue weighted by atomic mass is 9.81. The Kier molecular flexibility index (Phi) is 11.0. The van der Waals surface area contributed by atoms with Crippen molar-refractivity contribution in [2.45, 2.75) is 51.4 Å². The third-order valence-corrected chi connectivity index (χ3v) is 16.2. The molecule has 0 spiro atoms. The first-order valence-electron chi connectivity index (χ1n) is 19.1. The van der Waals surface area contributed by atoms with Crippen molar-refractivity contribution in [1.82, 2.24) is 0 Å². The van der Waals surface area contributed by atoms with Crippen LogP contribution in [0.1, 0.15) is 47.9 Å². The average Bonchev–Trinajstić information content (AvgIpc) is 3.24. The van der Waals surface area contributed by atoms with Crippen LogP contribution in [0.25, 0.3) is 11.1 Å². The van der Waals surface area contributed by atoms with Gasteiger partial charge >= 0.3 is 0 Å². The molecular formula is C48H48O4P2. The van der Waals surface area contributed by atoms with Gasteiger partial charge in [0.25, 0.3) is 0 Å². The zero-order valence-corrected chi connectivity index (χ0v) is 33.5. The Labute approximate surface area is 323 Å². The van der Waals surface area contributed by atoms with Gasteiger partial charge in [0, 0.05) is 5.30 Å². The van der Waals surface area contributed by atoms with Gasteiger partial charge in [-0.2, -0.15) is 0 Å². The van der Waals surface area contributed by atoms with Crippen molar-refractivity contribution in [3.05, 3.63) is 144 Å². The molecule has 54 heavy (non-hydrogen) atoms. The van der Waals surface area contributed by atoms with Gasteiger partial charge in [-0.25, -0.2) is 0 Å². The van der Waals surface area contributed by atoms with E-state index in [9.17, 15) is 0 Å². The van der Waals surface area contributed by atoms with Crippen molar-refractivity contribution in [3.8, 4) is 34.1 Å². The molecular weight excluding hydrogens is 702 g/mol. The molecule has 8 rings (SSSR count). The van der Waals surface area contributed by atoms with Gasteiger partial charge in [0.2, 0.25) is 0 Å². The predicted octanol–water partition coefficient (Wildman–Crippen LogP) is 8.66. The van der Waals surface area contributed by atoms with E-state index in [4.69, 9.17) is 18.9 Å². The lowest BCUT2D eigenvalue weighted by Gasteiger charge is -2.34. The van der Waals surface area contributed by atoms with Crippen LogP contribution in [0.2, 0.25) is 0 Å². The first-order chi connectivity index (χ1) is 26.6. The summed E-state index contributed by atoms with van der Waals surface area (Å²) in [5, 5.41) is 8.11. The third-order valence-electron chi connectivity index (χ3n) is 11.1. The second-order valence-electron chi connectivity index (χ2n) is 14.1. The van der Waals surface area contributed by atoms with Crippen molar-refractivity contribution >= 4 is 47.7 Å². The minimum absolute atomic E-state index is 0.865. The number of hydrogen-bond donors (Lipinski definition) is 0. The van der Waals surface area contributed by atoms with Gasteiger partial charge in [-0.1, -0.05) is 66.7 Å². The normalized spacial score (nSPS) is 13.7. The Morgan fingerprint density at radius 2 is 0.815 bits per heavy atom. The molecule has 0 aromatic heterocycles. The van der Waals surface area contributed by atoms with E-state index in [1.165, 1.54) is 79.8 Å². The molecule has 0 atom stereocenters. The highest BCUT2D eigenvalue weighted by Crippen LogP contribution is 2.47. The fraction of sp³-hybridized carbons (Fsp3) is 0.250. The molecule has 0 saturated heterocycles. The summed E-state index contributed by atoms with van der Waals surface area (Å²) in [6.07, 6.45) is 9.38. The molecule has 2 aliphatic rings. The fourth-order valence-electron chi connectivity index (χ4n) is 8.34. The van der Waals surface area contributed by atoms with Crippen LogP contribution in [0.5, 0.6) is 23.0 Å². The Bertz CT molecular complexity index is 2120. The Hall–Kier alpha value is -4.62. The molecule has 2 aliphatic carbocycles. The molecule has 6 aromatic carbocycles. The second kappa shape index (κ2) is 16.4. The van der Waals surface area contributed by atoms with E-state index in [2.05, 4.69) is 121 Å². The first-order valence-corrected chi connectivity index (χ1v) is 21.7. The molecule has 0 unspecified atom stereocenters. The third kappa shape index (κ3) is 7.15. The maximum absolute atomic E-state index is 5.71. The number of ether oxygens (including phenoxy) is 4. The van der Waals surface area contributed by atoms with Crippen LogP contribution in [0.3, 0.4) is 0 Å². The van der Waals surface area contributed by atoms with Crippen LogP contribution in [-0.4, -0.2) is 28.4 Å². The highest BCUT2D eigenvalue weighted by molar-refractivity contribution is 7.85. The summed E-state index contributed by atoms with van der Waals surface area (Å²) in [5.41, 5.74) is 9.05. The lowest BCUT2D eigenvalue weighted by molar-refractivity contribution is 0.415. The molecule has 6 heteroatoms. The van der Waals surface area contributed by atoms with Gasteiger partial charge in [-0.3, -0.25) is 0 Å². The summed E-state index contributed by atoms with van der Waals surface area (Å²) >= 11 is 0. The number of fused-ring (bicyclic) bond motifs is 2. The summed E-state index contributed by atoms with van der Waals surface area (Å²) in [7, 11) is 4.92. The molecule has 4 nitrogen and oxygen atoms in total. The maximum atomic E-state index is 5.71. The minimum atomic E-state index is -1.05. The number of hydrogen-bond acceptors (Lipinski definition) is 4. The van der Waals surface area contributed by atoms with Gasteiger partial charge in [-0.15, -0.1) is 0 Å². The summed E-state index contributed by atoms with van der Waals surface area (Å²) < 4.78 is 22.8. The van der Waals surface area contributed by atoms with Crippen molar-refractivity contribution in [2.24, 2.45) is 0 Å². The average molecular weight is 751 g/mol. The Morgan fingerprint density at radius 1 is 0.407 bits per heavy atom. The number of rotatable bonds is 11. The van der Waals surface area contributed by atoms with Crippen LogP contribution in [0.15, 0.2) is 121 Å². The van der Waals surface area contributed by atoms with E-state index in [1.807, 2.05) is 0 Å². The van der Waals surface area contributed by atoms with Crippen LogP contribution in [0.4, 0.5) is 0 Å². The second-order valence-corrected chi connectivity index (χ2v) is 18.4. The van der Waals surface area contributed by atoms with Crippen molar-refractivity contribution in [2.75, 3.05) is 28.4 Å². The van der Waals surface area contributed by atoms with E-state index < -0.39 is 15.8 Å². The van der Waals surface area contributed by atoms with Crippen LogP contribution in [-0.2, 0) is 25.7 Å². The standard InChI is InChI=1S/C48H48O4P2/c1-49-35-16-24-39(25-17-35)53(40-26-18-36(50-2)19-27-40)46-32-34-11-6-8-14-44(34)47(45-15-9-12-33-10-5-7-13-43(33)45)48(46)54(41-28-20-37(51-3)21-29-41)42-30-22-38(52-4)23-31-42/h9,12,15-32H,5-8,10-11,13-14H2,1-4H3. The summed E-state index contributed by atoms with van der Waals surface area (Å²) in [5.74, 6) is 3.46. The van der Waals surface area contributed by atoms with Gasteiger partial charge in [0.1, 0.15) is 23.0 Å². The zero-order valence-electron chi connectivity index (χ0n) is 31.7. The van der Waals surface area contributed by atoms with Gasteiger partial charge in [-0.05, 0) is 182 Å². The highest BCUT2D eigenvalue weighted by atomic mass is 31.1. The molecule has 0 heterocycles. The lowest BCUT2D eigenvalue weighted by Crippen LogP contribution is -2.38. The van der Waals surface area contributed by atoms with Crippen LogP contribution in [0, 0.1) is 0 Å². The van der Waals surface area contributed by atoms with E-state index >= 15 is 0 Å². The monoisotopic (exact) mass is 750 g/mol. The molecule has 0 amide bonds. The zero-order chi connectivity index (χ0) is 37.0. The molecule has 0 aliphatic heterocycles. The SMILES string of the molecule is COc1ccc(P(c2ccc(OC)cc2)c2cc3c(c(-c4cccc5c4CCCC5)c2P(c2ccc(OC)cc2)c2ccc(OC)cc2)CCCC3)cc1. The fourth-order valence-corrected chi connectivity index (χ4v) is 13.8. The first kappa shape index (κ1) is 36.4. The minimum Gasteiger partial charge on any atom is -0.497 e. The summed E-state index contributed by atoms with van der Waals surface area (Å²) in [4.78, 5) is 0. The molecule has 0 N–H and O–H groups in total. The molecule has 0 radical (unpaired) electrons. The van der Waals surface area contributed by atoms with Crippen LogP contribution < -0.4 is 50.8 Å². The Morgan fingerprint density at radius 3 is 1.28 bits per heavy atom. The number of methoxy groups -OCH3 is 4. The van der Waals surface area contributed by atoms with E-state index in [0.717, 1.165) is 48.7 Å². The van der Waals surface area contributed by atoms with Crippen molar-refractivity contribution < 1.29 is 18.9 Å². The molecule has 0 bridgehead atoms. The van der Waals surface area contributed by atoms with Crippen LogP contribution >= 0.6 is 15.8 Å². The van der Waals surface area contributed by atoms with Gasteiger partial charge < -0.3 is 18.9 Å². The number of aryl methyl sites for hydroxylation is 2. The molecule has 0 fully saturated rings. The van der Waals surface area contributed by atoms with Crippen molar-refractivity contribution in [3.63, 3.8) is 0 Å². The van der Waals surface area contributed by atoms with E-state index in [-0.39, 0.29) is 0 Å². The van der Waals surface area contributed by atoms with E-state index in [0.29, 0.717) is 0 Å². The van der Waals surface area contributed by atoms with E-state index in [1.54, 1.807) is 39.6 Å². The highest BCUT2D eigenvalue weighted by Gasteiger charge is 2.34.